The SMILES string of the molecule is CCCCCCCCCC=CC=CC=CC(=O)OC. The summed E-state index contributed by atoms with van der Waals surface area (Å²) in [6, 6.07) is 0. The molecule has 108 valence electrons. The van der Waals surface area contributed by atoms with E-state index in [1.165, 1.54) is 58.1 Å². The number of methoxy groups -OCH3 is 1. The number of unbranched alkanes of at least 4 members (excludes halogenated alkanes) is 7. The van der Waals surface area contributed by atoms with Crippen LogP contribution in [0, 0.1) is 0 Å². The zero-order valence-corrected chi connectivity index (χ0v) is 12.4. The first kappa shape index (κ1) is 17.7. The molecule has 0 bridgehead atoms. The Morgan fingerprint density at radius 3 is 2.21 bits per heavy atom. The van der Waals surface area contributed by atoms with Gasteiger partial charge in [-0.05, 0) is 12.8 Å². The maximum absolute atomic E-state index is 10.8. The lowest BCUT2D eigenvalue weighted by molar-refractivity contribution is -0.134. The molecule has 0 radical (unpaired) electrons. The van der Waals surface area contributed by atoms with Crippen molar-refractivity contribution in [1.29, 1.82) is 0 Å². The maximum Gasteiger partial charge on any atom is 0.330 e. The Bertz CT molecular complexity index is 288. The largest absolute Gasteiger partial charge is 0.466 e. The Balaban J connectivity index is 3.36. The zero-order chi connectivity index (χ0) is 14.2. The number of carbonyl (C=O) groups is 1. The molecule has 0 N–H and O–H groups in total. The first-order chi connectivity index (χ1) is 9.31. The molecule has 0 saturated heterocycles. The number of hydrogen-bond donors (Lipinski definition) is 0. The summed E-state index contributed by atoms with van der Waals surface area (Å²) in [5.74, 6) is -0.322. The molecule has 0 aliphatic rings. The third-order valence-corrected chi connectivity index (χ3v) is 2.88. The summed E-state index contributed by atoms with van der Waals surface area (Å²) in [7, 11) is 1.37. The molecule has 0 rings (SSSR count). The predicted octanol–water partition coefficient (Wildman–Crippen LogP) is 4.97. The fraction of sp³-hybridized carbons (Fsp3) is 0.588. The van der Waals surface area contributed by atoms with Crippen molar-refractivity contribution in [2.45, 2.75) is 58.3 Å². The molecule has 0 aliphatic heterocycles. The van der Waals surface area contributed by atoms with Crippen LogP contribution in [0.3, 0.4) is 0 Å². The van der Waals surface area contributed by atoms with Crippen molar-refractivity contribution in [3.8, 4) is 0 Å². The second kappa shape index (κ2) is 14.7. The van der Waals surface area contributed by atoms with Gasteiger partial charge < -0.3 is 4.74 Å². The molecule has 0 amide bonds. The van der Waals surface area contributed by atoms with E-state index in [1.54, 1.807) is 6.08 Å². The second-order valence-electron chi connectivity index (χ2n) is 4.61. The minimum Gasteiger partial charge on any atom is -0.466 e. The number of ether oxygens (including phenoxy) is 1. The predicted molar refractivity (Wildman–Crippen MR) is 82.0 cm³/mol. The summed E-state index contributed by atoms with van der Waals surface area (Å²) in [5.41, 5.74) is 0. The number of allylic oxidation sites excluding steroid dienone is 5. The van der Waals surface area contributed by atoms with Crippen molar-refractivity contribution >= 4 is 5.97 Å². The van der Waals surface area contributed by atoms with Crippen molar-refractivity contribution in [3.05, 3.63) is 36.5 Å². The molecule has 19 heavy (non-hydrogen) atoms. The van der Waals surface area contributed by atoms with E-state index in [4.69, 9.17) is 0 Å². The fourth-order valence-electron chi connectivity index (χ4n) is 1.72. The van der Waals surface area contributed by atoms with Crippen LogP contribution in [0.4, 0.5) is 0 Å². The van der Waals surface area contributed by atoms with Gasteiger partial charge in [0.05, 0.1) is 7.11 Å². The second-order valence-corrected chi connectivity index (χ2v) is 4.61. The van der Waals surface area contributed by atoms with Gasteiger partial charge >= 0.3 is 5.97 Å². The van der Waals surface area contributed by atoms with E-state index in [9.17, 15) is 4.79 Å². The Hall–Kier alpha value is -1.31. The molecule has 0 unspecified atom stereocenters. The van der Waals surface area contributed by atoms with E-state index in [2.05, 4.69) is 17.7 Å². The smallest absolute Gasteiger partial charge is 0.330 e. The number of esters is 1. The molecule has 0 aromatic heterocycles. The summed E-state index contributed by atoms with van der Waals surface area (Å²) in [6.07, 6.45) is 21.6. The van der Waals surface area contributed by atoms with Crippen LogP contribution in [0.1, 0.15) is 58.3 Å². The highest BCUT2D eigenvalue weighted by Gasteiger charge is 1.89. The van der Waals surface area contributed by atoms with Crippen LogP contribution in [0.2, 0.25) is 0 Å². The highest BCUT2D eigenvalue weighted by atomic mass is 16.5. The molecule has 2 heteroatoms. The molecule has 0 aromatic carbocycles. The average molecular weight is 264 g/mol. The van der Waals surface area contributed by atoms with Crippen LogP contribution in [-0.4, -0.2) is 13.1 Å². The number of carbonyl (C=O) groups excluding carboxylic acids is 1. The van der Waals surface area contributed by atoms with Gasteiger partial charge in [0.15, 0.2) is 0 Å². The van der Waals surface area contributed by atoms with Crippen LogP contribution in [0.15, 0.2) is 36.5 Å². The Kier molecular flexibility index (Phi) is 13.7. The van der Waals surface area contributed by atoms with Gasteiger partial charge in [-0.3, -0.25) is 0 Å². The van der Waals surface area contributed by atoms with Crippen LogP contribution in [-0.2, 0) is 9.53 Å². The number of rotatable bonds is 11. The molecular formula is C17H28O2. The van der Waals surface area contributed by atoms with Crippen molar-refractivity contribution in [1.82, 2.24) is 0 Å². The molecule has 0 fully saturated rings. The fourth-order valence-corrected chi connectivity index (χ4v) is 1.72. The molecule has 0 saturated carbocycles. The lowest BCUT2D eigenvalue weighted by Gasteiger charge is -1.98. The first-order valence-electron chi connectivity index (χ1n) is 7.39. The van der Waals surface area contributed by atoms with Gasteiger partial charge in [0.25, 0.3) is 0 Å². The summed E-state index contributed by atoms with van der Waals surface area (Å²) in [5, 5.41) is 0. The molecule has 0 spiro atoms. The summed E-state index contributed by atoms with van der Waals surface area (Å²) in [4.78, 5) is 10.8. The minimum absolute atomic E-state index is 0.322. The zero-order valence-electron chi connectivity index (χ0n) is 12.4. The van der Waals surface area contributed by atoms with E-state index in [-0.39, 0.29) is 5.97 Å². The van der Waals surface area contributed by atoms with Gasteiger partial charge in [0.1, 0.15) is 0 Å². The van der Waals surface area contributed by atoms with Crippen molar-refractivity contribution in [2.75, 3.05) is 7.11 Å². The Labute approximate surface area is 118 Å². The first-order valence-corrected chi connectivity index (χ1v) is 7.39. The van der Waals surface area contributed by atoms with Crippen molar-refractivity contribution < 1.29 is 9.53 Å². The molecule has 0 heterocycles. The Morgan fingerprint density at radius 1 is 0.895 bits per heavy atom. The van der Waals surface area contributed by atoms with E-state index in [0.717, 1.165) is 6.42 Å². The number of hydrogen-bond acceptors (Lipinski definition) is 2. The van der Waals surface area contributed by atoms with Gasteiger partial charge in [-0.25, -0.2) is 4.79 Å². The van der Waals surface area contributed by atoms with E-state index >= 15 is 0 Å². The summed E-state index contributed by atoms with van der Waals surface area (Å²) < 4.78 is 4.48. The van der Waals surface area contributed by atoms with E-state index in [1.807, 2.05) is 18.2 Å². The quantitative estimate of drug-likeness (QED) is 0.228. The lowest BCUT2D eigenvalue weighted by atomic mass is 10.1. The highest BCUT2D eigenvalue weighted by molar-refractivity contribution is 5.82. The molecule has 0 aliphatic carbocycles. The van der Waals surface area contributed by atoms with Crippen LogP contribution in [0.25, 0.3) is 0 Å². The van der Waals surface area contributed by atoms with E-state index < -0.39 is 0 Å². The van der Waals surface area contributed by atoms with Crippen LogP contribution < -0.4 is 0 Å². The lowest BCUT2D eigenvalue weighted by Crippen LogP contribution is -1.92. The monoisotopic (exact) mass is 264 g/mol. The average Bonchev–Trinajstić information content (AvgIpc) is 2.43. The van der Waals surface area contributed by atoms with Crippen molar-refractivity contribution in [2.24, 2.45) is 0 Å². The van der Waals surface area contributed by atoms with Crippen LogP contribution in [0.5, 0.6) is 0 Å². The van der Waals surface area contributed by atoms with Gasteiger partial charge in [-0.1, -0.05) is 75.8 Å². The summed E-state index contributed by atoms with van der Waals surface area (Å²) >= 11 is 0. The highest BCUT2D eigenvalue weighted by Crippen LogP contribution is 2.08. The van der Waals surface area contributed by atoms with E-state index in [0.29, 0.717) is 0 Å². The van der Waals surface area contributed by atoms with Gasteiger partial charge in [0.2, 0.25) is 0 Å². The van der Waals surface area contributed by atoms with Gasteiger partial charge in [-0.15, -0.1) is 0 Å². The summed E-state index contributed by atoms with van der Waals surface area (Å²) in [6.45, 7) is 2.25. The van der Waals surface area contributed by atoms with Gasteiger partial charge in [-0.2, -0.15) is 0 Å². The Morgan fingerprint density at radius 2 is 1.53 bits per heavy atom. The molecule has 2 nitrogen and oxygen atoms in total. The molecule has 0 aromatic rings. The standard InChI is InChI=1S/C17H28O2/c1-3-4-5-6-7-8-9-10-11-12-13-14-15-16-17(18)19-2/h11-16H,3-10H2,1-2H3. The third kappa shape index (κ3) is 14.6. The molecular weight excluding hydrogens is 236 g/mol. The van der Waals surface area contributed by atoms with Gasteiger partial charge in [0, 0.05) is 6.08 Å². The molecule has 0 atom stereocenters. The van der Waals surface area contributed by atoms with Crippen molar-refractivity contribution in [3.63, 3.8) is 0 Å². The topological polar surface area (TPSA) is 26.3 Å². The minimum atomic E-state index is -0.322. The van der Waals surface area contributed by atoms with Crippen LogP contribution >= 0.6 is 0 Å². The maximum atomic E-state index is 10.8. The normalized spacial score (nSPS) is 11.9. The third-order valence-electron chi connectivity index (χ3n) is 2.88.